The molecule has 38 heavy (non-hydrogen) atoms. The number of phenols is 1. The molecular formula is C29H37N3O5S. The van der Waals surface area contributed by atoms with Gasteiger partial charge in [0.2, 0.25) is 5.91 Å². The number of carbonyl (C=O) groups excluding carboxylic acids is 3. The number of nitrogens with one attached hydrogen (secondary N) is 2. The smallest absolute Gasteiger partial charge is 0.254 e. The summed E-state index contributed by atoms with van der Waals surface area (Å²) in [6.07, 6.45) is 3.27. The molecule has 0 bridgehead atoms. The molecule has 9 heteroatoms. The summed E-state index contributed by atoms with van der Waals surface area (Å²) in [6, 6.07) is 12.1. The van der Waals surface area contributed by atoms with Crippen LogP contribution in [-0.4, -0.2) is 68.2 Å². The number of nitrogens with zero attached hydrogens (tertiary/aromatic N) is 1. The summed E-state index contributed by atoms with van der Waals surface area (Å²) >= 11 is 1.46. The highest BCUT2D eigenvalue weighted by Crippen LogP contribution is 2.39. The minimum absolute atomic E-state index is 0.0205. The Morgan fingerprint density at radius 3 is 2.53 bits per heavy atom. The SMILES string of the molecule is CC/C=C/CNC(=O)C1N(C(=O)C(O)C(Cc2ccccc2)NC(=O)c2cccc(O)c2C)CSC1(C)C. The first-order valence-corrected chi connectivity index (χ1v) is 13.7. The van der Waals surface area contributed by atoms with E-state index < -0.39 is 34.7 Å². The maximum absolute atomic E-state index is 13.7. The van der Waals surface area contributed by atoms with Gasteiger partial charge in [0.05, 0.1) is 11.9 Å². The summed E-state index contributed by atoms with van der Waals surface area (Å²) in [7, 11) is 0. The van der Waals surface area contributed by atoms with E-state index in [1.54, 1.807) is 19.1 Å². The summed E-state index contributed by atoms with van der Waals surface area (Å²) in [4.78, 5) is 41.4. The van der Waals surface area contributed by atoms with Gasteiger partial charge in [0.25, 0.3) is 11.8 Å². The third-order valence-corrected chi connectivity index (χ3v) is 8.05. The Balaban J connectivity index is 1.85. The van der Waals surface area contributed by atoms with Crippen LogP contribution in [-0.2, 0) is 16.0 Å². The van der Waals surface area contributed by atoms with Gasteiger partial charge in [0.1, 0.15) is 11.8 Å². The summed E-state index contributed by atoms with van der Waals surface area (Å²) < 4.78 is -0.565. The molecule has 2 aromatic carbocycles. The van der Waals surface area contributed by atoms with Crippen molar-refractivity contribution in [3.63, 3.8) is 0 Å². The zero-order valence-electron chi connectivity index (χ0n) is 22.3. The second-order valence-electron chi connectivity index (χ2n) is 9.88. The van der Waals surface area contributed by atoms with Crippen LogP contribution >= 0.6 is 11.8 Å². The molecule has 4 N–H and O–H groups in total. The van der Waals surface area contributed by atoms with Gasteiger partial charge in [-0.1, -0.05) is 55.5 Å². The Morgan fingerprint density at radius 2 is 1.84 bits per heavy atom. The molecule has 0 saturated carbocycles. The normalized spacial score (nSPS) is 18.2. The van der Waals surface area contributed by atoms with Gasteiger partial charge < -0.3 is 25.7 Å². The van der Waals surface area contributed by atoms with E-state index in [1.807, 2.05) is 63.3 Å². The number of hydrogen-bond donors (Lipinski definition) is 4. The van der Waals surface area contributed by atoms with Crippen molar-refractivity contribution in [3.8, 4) is 5.75 Å². The number of aliphatic hydroxyl groups excluding tert-OH is 1. The van der Waals surface area contributed by atoms with E-state index in [1.165, 1.54) is 22.7 Å². The van der Waals surface area contributed by atoms with Crippen LogP contribution in [0.5, 0.6) is 5.75 Å². The van der Waals surface area contributed by atoms with Gasteiger partial charge in [-0.05, 0) is 51.3 Å². The molecule has 1 heterocycles. The first-order valence-electron chi connectivity index (χ1n) is 12.8. The highest BCUT2D eigenvalue weighted by molar-refractivity contribution is 8.00. The minimum Gasteiger partial charge on any atom is -0.508 e. The van der Waals surface area contributed by atoms with E-state index in [-0.39, 0.29) is 29.5 Å². The molecular weight excluding hydrogens is 502 g/mol. The lowest BCUT2D eigenvalue weighted by atomic mass is 9.96. The monoisotopic (exact) mass is 539 g/mol. The topological polar surface area (TPSA) is 119 Å². The molecule has 1 aliphatic heterocycles. The molecule has 3 atom stereocenters. The minimum atomic E-state index is -1.60. The fourth-order valence-corrected chi connectivity index (χ4v) is 5.63. The van der Waals surface area contributed by atoms with Crippen LogP contribution in [0.3, 0.4) is 0 Å². The average molecular weight is 540 g/mol. The van der Waals surface area contributed by atoms with Crippen molar-refractivity contribution in [1.82, 2.24) is 15.5 Å². The number of phenolic OH excluding ortho intramolecular Hbond substituents is 1. The van der Waals surface area contributed by atoms with Gasteiger partial charge in [0.15, 0.2) is 6.10 Å². The Kier molecular flexibility index (Phi) is 9.99. The van der Waals surface area contributed by atoms with Crippen LogP contribution in [0, 0.1) is 6.92 Å². The molecule has 8 nitrogen and oxygen atoms in total. The van der Waals surface area contributed by atoms with Gasteiger partial charge in [0, 0.05) is 22.4 Å². The summed E-state index contributed by atoms with van der Waals surface area (Å²) in [5.74, 6) is -1.21. The highest BCUT2D eigenvalue weighted by Gasteiger charge is 2.49. The van der Waals surface area contributed by atoms with E-state index >= 15 is 0 Å². The van der Waals surface area contributed by atoms with Crippen molar-refractivity contribution in [3.05, 3.63) is 77.4 Å². The molecule has 1 aliphatic rings. The number of aliphatic hydroxyl groups is 1. The van der Waals surface area contributed by atoms with E-state index in [0.717, 1.165) is 12.0 Å². The van der Waals surface area contributed by atoms with Crippen molar-refractivity contribution >= 4 is 29.5 Å². The summed E-state index contributed by atoms with van der Waals surface area (Å²) in [6.45, 7) is 7.78. The van der Waals surface area contributed by atoms with E-state index in [9.17, 15) is 24.6 Å². The Morgan fingerprint density at radius 1 is 1.13 bits per heavy atom. The molecule has 3 unspecified atom stereocenters. The fourth-order valence-electron chi connectivity index (χ4n) is 4.49. The molecule has 2 aromatic rings. The fraction of sp³-hybridized carbons (Fsp3) is 0.414. The zero-order valence-corrected chi connectivity index (χ0v) is 23.1. The standard InChI is InChI=1S/C29H37N3O5S/c1-5-6-10-16-30-27(36)25-29(3,4)38-18-32(25)28(37)24(34)22(17-20-12-8-7-9-13-20)31-26(35)21-14-11-15-23(33)19(21)2/h6-15,22,24-25,33-34H,5,16-18H2,1-4H3,(H,30,36)(H,31,35)/b10-6+. The highest BCUT2D eigenvalue weighted by atomic mass is 32.2. The van der Waals surface area contributed by atoms with Gasteiger partial charge in [-0.3, -0.25) is 14.4 Å². The number of allylic oxidation sites excluding steroid dienone is 1. The van der Waals surface area contributed by atoms with E-state index in [0.29, 0.717) is 12.1 Å². The third kappa shape index (κ3) is 6.96. The van der Waals surface area contributed by atoms with E-state index in [2.05, 4.69) is 10.6 Å². The number of rotatable bonds is 10. The molecule has 0 spiro atoms. The van der Waals surface area contributed by atoms with Crippen molar-refractivity contribution in [2.75, 3.05) is 12.4 Å². The van der Waals surface area contributed by atoms with Crippen LogP contribution in [0.15, 0.2) is 60.7 Å². The van der Waals surface area contributed by atoms with Crippen LogP contribution in [0.25, 0.3) is 0 Å². The van der Waals surface area contributed by atoms with Gasteiger partial charge >= 0.3 is 0 Å². The molecule has 0 aliphatic carbocycles. The Bertz CT molecular complexity index is 1170. The van der Waals surface area contributed by atoms with E-state index in [4.69, 9.17) is 0 Å². The molecule has 0 radical (unpaired) electrons. The Hall–Kier alpha value is -3.30. The number of amides is 3. The van der Waals surface area contributed by atoms with Gasteiger partial charge in [-0.25, -0.2) is 0 Å². The predicted molar refractivity (Wildman–Crippen MR) is 150 cm³/mol. The van der Waals surface area contributed by atoms with Crippen LogP contribution < -0.4 is 10.6 Å². The van der Waals surface area contributed by atoms with Crippen LogP contribution in [0.2, 0.25) is 0 Å². The second kappa shape index (κ2) is 13.0. The van der Waals surface area contributed by atoms with Crippen molar-refractivity contribution in [1.29, 1.82) is 0 Å². The van der Waals surface area contributed by atoms with Crippen molar-refractivity contribution < 1.29 is 24.6 Å². The summed E-state index contributed by atoms with van der Waals surface area (Å²) in [5, 5.41) is 27.0. The number of aromatic hydroxyl groups is 1. The maximum Gasteiger partial charge on any atom is 0.254 e. The molecule has 3 rings (SSSR count). The zero-order chi connectivity index (χ0) is 27.9. The lowest BCUT2D eigenvalue weighted by molar-refractivity contribution is -0.147. The third-order valence-electron chi connectivity index (χ3n) is 6.67. The number of thioether (sulfide) groups is 1. The predicted octanol–water partition coefficient (Wildman–Crippen LogP) is 3.17. The molecule has 0 aromatic heterocycles. The van der Waals surface area contributed by atoms with Gasteiger partial charge in [-0.2, -0.15) is 0 Å². The first-order chi connectivity index (χ1) is 18.1. The Labute approximate surface area is 228 Å². The number of hydrogen-bond acceptors (Lipinski definition) is 6. The van der Waals surface area contributed by atoms with Gasteiger partial charge in [-0.15, -0.1) is 11.8 Å². The summed E-state index contributed by atoms with van der Waals surface area (Å²) in [5.41, 5.74) is 1.47. The quantitative estimate of drug-likeness (QED) is 0.345. The van der Waals surface area contributed by atoms with Crippen LogP contribution in [0.1, 0.15) is 48.7 Å². The van der Waals surface area contributed by atoms with Crippen molar-refractivity contribution in [2.45, 2.75) is 63.5 Å². The number of carbonyl (C=O) groups is 3. The lowest BCUT2D eigenvalue weighted by Gasteiger charge is -2.33. The molecule has 3 amide bonds. The molecule has 1 saturated heterocycles. The first kappa shape index (κ1) is 29.3. The average Bonchev–Trinajstić information content (AvgIpc) is 3.22. The largest absolute Gasteiger partial charge is 0.508 e. The maximum atomic E-state index is 13.7. The lowest BCUT2D eigenvalue weighted by Crippen LogP contribution is -2.58. The molecule has 204 valence electrons. The number of benzene rings is 2. The molecule has 1 fully saturated rings. The van der Waals surface area contributed by atoms with Crippen LogP contribution in [0.4, 0.5) is 0 Å². The van der Waals surface area contributed by atoms with Crippen molar-refractivity contribution in [2.24, 2.45) is 0 Å². The second-order valence-corrected chi connectivity index (χ2v) is 11.5.